The molecule has 4 rings (SSSR count). The zero-order chi connectivity index (χ0) is 22.8. The predicted molar refractivity (Wildman–Crippen MR) is 131 cm³/mol. The number of halogens is 1. The lowest BCUT2D eigenvalue weighted by Crippen LogP contribution is -2.29. The number of hydrogen-bond acceptors (Lipinski definition) is 6. The summed E-state index contributed by atoms with van der Waals surface area (Å²) in [5.41, 5.74) is 5.43. The number of hydrogen-bond donors (Lipinski definition) is 2. The average molecular weight is 496 g/mol. The van der Waals surface area contributed by atoms with Crippen molar-refractivity contribution in [2.24, 2.45) is 12.1 Å². The molecule has 0 aliphatic heterocycles. The van der Waals surface area contributed by atoms with Crippen molar-refractivity contribution in [2.75, 3.05) is 24.4 Å². The molecule has 0 saturated carbocycles. The molecule has 2 N–H and O–H groups in total. The molecule has 2 aromatic heterocycles. The number of H-pyrrole nitrogens is 1. The molecule has 9 nitrogen and oxygen atoms in total. The number of nitrogens with zero attached hydrogens (tertiary/aromatic N) is 5. The zero-order valence-corrected chi connectivity index (χ0v) is 19.4. The van der Waals surface area contributed by atoms with Gasteiger partial charge in [-0.1, -0.05) is 40.2 Å². The summed E-state index contributed by atoms with van der Waals surface area (Å²) in [4.78, 5) is 33.5. The van der Waals surface area contributed by atoms with E-state index in [4.69, 9.17) is 0 Å². The van der Waals surface area contributed by atoms with Gasteiger partial charge in [0.05, 0.1) is 12.8 Å². The van der Waals surface area contributed by atoms with E-state index in [0.717, 1.165) is 21.3 Å². The highest BCUT2D eigenvalue weighted by Crippen LogP contribution is 2.20. The van der Waals surface area contributed by atoms with Gasteiger partial charge in [0.25, 0.3) is 5.56 Å². The highest BCUT2D eigenvalue weighted by Gasteiger charge is 2.17. The van der Waals surface area contributed by atoms with Crippen molar-refractivity contribution < 1.29 is 0 Å². The van der Waals surface area contributed by atoms with Crippen molar-refractivity contribution >= 4 is 44.9 Å². The van der Waals surface area contributed by atoms with Gasteiger partial charge in [-0.15, -0.1) is 0 Å². The van der Waals surface area contributed by atoms with Crippen LogP contribution in [-0.4, -0.2) is 39.4 Å². The van der Waals surface area contributed by atoms with E-state index in [9.17, 15) is 9.59 Å². The Morgan fingerprint density at radius 2 is 1.94 bits per heavy atom. The van der Waals surface area contributed by atoms with Crippen LogP contribution in [0.3, 0.4) is 0 Å². The van der Waals surface area contributed by atoms with Gasteiger partial charge in [0.2, 0.25) is 5.95 Å². The Hall–Kier alpha value is -3.66. The van der Waals surface area contributed by atoms with Crippen molar-refractivity contribution in [3.05, 3.63) is 85.0 Å². The number of hydrazone groups is 1. The lowest BCUT2D eigenvalue weighted by Gasteiger charge is -2.11. The monoisotopic (exact) mass is 495 g/mol. The third-order valence-electron chi connectivity index (χ3n) is 5.02. The van der Waals surface area contributed by atoms with E-state index in [1.165, 1.54) is 4.57 Å². The van der Waals surface area contributed by atoms with Gasteiger partial charge in [0, 0.05) is 31.3 Å². The number of imidazole rings is 1. The van der Waals surface area contributed by atoms with Gasteiger partial charge >= 0.3 is 5.69 Å². The van der Waals surface area contributed by atoms with Gasteiger partial charge < -0.3 is 4.90 Å². The maximum Gasteiger partial charge on any atom is 0.329 e. The summed E-state index contributed by atoms with van der Waals surface area (Å²) in [6, 6.07) is 15.7. The second-order valence-electron chi connectivity index (χ2n) is 7.50. The number of aryl methyl sites for hydroxylation is 1. The number of anilines is 2. The molecule has 32 heavy (non-hydrogen) atoms. The first kappa shape index (κ1) is 21.6. The van der Waals surface area contributed by atoms with E-state index in [-0.39, 0.29) is 5.65 Å². The van der Waals surface area contributed by atoms with E-state index >= 15 is 0 Å². The predicted octanol–water partition coefficient (Wildman–Crippen LogP) is 2.75. The molecule has 0 atom stereocenters. The normalized spacial score (nSPS) is 11.4. The molecule has 0 aliphatic rings. The Labute approximate surface area is 192 Å². The highest BCUT2D eigenvalue weighted by atomic mass is 79.9. The first-order valence-electron chi connectivity index (χ1n) is 9.84. The lowest BCUT2D eigenvalue weighted by molar-refractivity contribution is 0.808. The number of aromatic nitrogens is 4. The van der Waals surface area contributed by atoms with Crippen LogP contribution in [-0.2, 0) is 13.6 Å². The number of nitrogens with one attached hydrogen (secondary N) is 2. The molecular weight excluding hydrogens is 474 g/mol. The number of fused-ring (bicyclic) bond motifs is 1. The molecule has 2 aromatic carbocycles. The lowest BCUT2D eigenvalue weighted by atomic mass is 10.2. The summed E-state index contributed by atoms with van der Waals surface area (Å²) in [7, 11) is 5.53. The van der Waals surface area contributed by atoms with E-state index in [1.807, 2.05) is 67.5 Å². The topological polar surface area (TPSA) is 100 Å². The Kier molecular flexibility index (Phi) is 5.95. The number of rotatable bonds is 6. The smallest absolute Gasteiger partial charge is 0.329 e. The minimum atomic E-state index is -0.523. The van der Waals surface area contributed by atoms with Crippen molar-refractivity contribution in [1.29, 1.82) is 0 Å². The van der Waals surface area contributed by atoms with Crippen LogP contribution in [0.2, 0.25) is 0 Å². The largest absolute Gasteiger partial charge is 0.378 e. The molecule has 0 amide bonds. The third-order valence-corrected chi connectivity index (χ3v) is 5.52. The summed E-state index contributed by atoms with van der Waals surface area (Å²) >= 11 is 3.47. The highest BCUT2D eigenvalue weighted by molar-refractivity contribution is 9.10. The van der Waals surface area contributed by atoms with Crippen molar-refractivity contribution in [2.45, 2.75) is 6.54 Å². The maximum absolute atomic E-state index is 12.6. The van der Waals surface area contributed by atoms with Crippen LogP contribution < -0.4 is 21.6 Å². The molecule has 10 heteroatoms. The molecule has 0 fully saturated rings. The molecule has 0 unspecified atom stereocenters. The van der Waals surface area contributed by atoms with Crippen LogP contribution in [0.15, 0.2) is 67.7 Å². The standard InChI is InChI=1S/C22H22BrN7O2/c1-28(2)17-9-7-14(8-10-17)12-24-27-21-25-19-18(20(31)26-22(32)29(19)3)30(21)13-15-5-4-6-16(23)11-15/h4-12H,13H2,1-3H3,(H,25,27)(H,26,31,32)/b24-12-. The maximum atomic E-state index is 12.6. The minimum absolute atomic E-state index is 0.279. The van der Waals surface area contributed by atoms with Gasteiger partial charge in [-0.05, 0) is 35.4 Å². The van der Waals surface area contributed by atoms with E-state index < -0.39 is 11.2 Å². The Balaban J connectivity index is 1.72. The Morgan fingerprint density at radius 3 is 2.62 bits per heavy atom. The van der Waals surface area contributed by atoms with Gasteiger partial charge in [0.15, 0.2) is 11.2 Å². The van der Waals surface area contributed by atoms with Crippen LogP contribution in [0.4, 0.5) is 11.6 Å². The SMILES string of the molecule is CN(C)c1ccc(/C=N\Nc2nc3c(c(=O)[nH]c(=O)n3C)n2Cc2cccc(Br)c2)cc1. The van der Waals surface area contributed by atoms with Crippen LogP contribution >= 0.6 is 15.9 Å². The first-order chi connectivity index (χ1) is 15.3. The van der Waals surface area contributed by atoms with E-state index in [2.05, 4.69) is 36.4 Å². The molecule has 0 aliphatic carbocycles. The second-order valence-corrected chi connectivity index (χ2v) is 8.41. The van der Waals surface area contributed by atoms with E-state index in [1.54, 1.807) is 17.8 Å². The fourth-order valence-corrected chi connectivity index (χ4v) is 3.76. The molecule has 2 heterocycles. The molecule has 0 bridgehead atoms. The van der Waals surface area contributed by atoms with Crippen molar-refractivity contribution in [3.8, 4) is 0 Å². The van der Waals surface area contributed by atoms with Gasteiger partial charge in [0.1, 0.15) is 0 Å². The quantitative estimate of drug-likeness (QED) is 0.316. The van der Waals surface area contributed by atoms with Crippen LogP contribution in [0.1, 0.15) is 11.1 Å². The van der Waals surface area contributed by atoms with E-state index in [0.29, 0.717) is 18.0 Å². The van der Waals surface area contributed by atoms with Crippen LogP contribution in [0.25, 0.3) is 11.2 Å². The van der Waals surface area contributed by atoms with Gasteiger partial charge in [-0.2, -0.15) is 10.1 Å². The minimum Gasteiger partial charge on any atom is -0.378 e. The first-order valence-corrected chi connectivity index (χ1v) is 10.6. The average Bonchev–Trinajstić information content (AvgIpc) is 3.11. The number of benzene rings is 2. The van der Waals surface area contributed by atoms with Gasteiger partial charge in [-0.3, -0.25) is 18.9 Å². The fourth-order valence-electron chi connectivity index (χ4n) is 3.31. The zero-order valence-electron chi connectivity index (χ0n) is 17.8. The molecule has 0 spiro atoms. The summed E-state index contributed by atoms with van der Waals surface area (Å²) in [6.45, 7) is 0.368. The fraction of sp³-hybridized carbons (Fsp3) is 0.182. The molecular formula is C22H22BrN7O2. The summed E-state index contributed by atoms with van der Waals surface area (Å²) in [6.07, 6.45) is 1.67. The van der Waals surface area contributed by atoms with Crippen molar-refractivity contribution in [3.63, 3.8) is 0 Å². The summed E-state index contributed by atoms with van der Waals surface area (Å²) in [5.74, 6) is 0.354. The molecule has 4 aromatic rings. The number of aromatic amines is 1. The second kappa shape index (κ2) is 8.83. The van der Waals surface area contributed by atoms with Gasteiger partial charge in [-0.25, -0.2) is 10.2 Å². The molecule has 0 radical (unpaired) electrons. The summed E-state index contributed by atoms with van der Waals surface area (Å²) in [5, 5.41) is 4.30. The Morgan fingerprint density at radius 1 is 1.19 bits per heavy atom. The third kappa shape index (κ3) is 4.35. The Bertz CT molecular complexity index is 1420. The summed E-state index contributed by atoms with van der Waals surface area (Å²) < 4.78 is 3.94. The molecule has 164 valence electrons. The van der Waals surface area contributed by atoms with Crippen LogP contribution in [0, 0.1) is 0 Å². The van der Waals surface area contributed by atoms with Crippen molar-refractivity contribution in [1.82, 2.24) is 19.1 Å². The van der Waals surface area contributed by atoms with Crippen LogP contribution in [0.5, 0.6) is 0 Å². The molecule has 0 saturated heterocycles.